The Bertz CT molecular complexity index is 466. The number of nitrogens with two attached hydrogens (primary N) is 1. The van der Waals surface area contributed by atoms with Gasteiger partial charge in [0, 0.05) is 6.20 Å². The number of aliphatic hydroxyl groups is 2. The molecule has 2 rings (SSSR count). The Hall–Kier alpha value is -0.710. The predicted octanol–water partition coefficient (Wildman–Crippen LogP) is -1.12. The van der Waals surface area contributed by atoms with Gasteiger partial charge in [0.15, 0.2) is 6.23 Å². The van der Waals surface area contributed by atoms with Crippen molar-refractivity contribution in [3.63, 3.8) is 0 Å². The first kappa shape index (κ1) is 12.7. The molecule has 17 heavy (non-hydrogen) atoms. The highest BCUT2D eigenvalue weighted by Crippen LogP contribution is 2.33. The summed E-state index contributed by atoms with van der Waals surface area (Å²) in [5.74, 6) is 0.133. The van der Waals surface area contributed by atoms with E-state index in [1.165, 1.54) is 16.8 Å². The molecule has 0 spiro atoms. The van der Waals surface area contributed by atoms with E-state index in [9.17, 15) is 9.90 Å². The quantitative estimate of drug-likeness (QED) is 0.459. The average Bonchev–Trinajstić information content (AvgIpc) is 2.57. The highest BCUT2D eigenvalue weighted by atomic mass is 127. The Balaban J connectivity index is 2.32. The van der Waals surface area contributed by atoms with Gasteiger partial charge in [-0.3, -0.25) is 4.57 Å². The Morgan fingerprint density at radius 1 is 1.65 bits per heavy atom. The SMILES string of the molecule is Nc1ccn([C@@H]2O[C@H](CO)C(O)C2I)c(=O)n1. The first-order valence-electron chi connectivity index (χ1n) is 4.97. The molecule has 4 atom stereocenters. The molecule has 1 fully saturated rings. The second kappa shape index (κ2) is 4.88. The van der Waals surface area contributed by atoms with Crippen LogP contribution in [-0.4, -0.2) is 42.5 Å². The van der Waals surface area contributed by atoms with Gasteiger partial charge >= 0.3 is 5.69 Å². The number of aliphatic hydroxyl groups excluding tert-OH is 2. The average molecular weight is 353 g/mol. The summed E-state index contributed by atoms with van der Waals surface area (Å²) in [7, 11) is 0. The molecule has 1 aliphatic rings. The van der Waals surface area contributed by atoms with Crippen molar-refractivity contribution in [3.05, 3.63) is 22.7 Å². The minimum Gasteiger partial charge on any atom is -0.394 e. The van der Waals surface area contributed by atoms with Crippen molar-refractivity contribution >= 4 is 28.4 Å². The summed E-state index contributed by atoms with van der Waals surface area (Å²) in [6.07, 6.45) is -0.697. The summed E-state index contributed by atoms with van der Waals surface area (Å²) in [5, 5.41) is 18.8. The minimum absolute atomic E-state index is 0.133. The molecule has 0 radical (unpaired) electrons. The van der Waals surface area contributed by atoms with Gasteiger partial charge in [-0.15, -0.1) is 0 Å². The number of ether oxygens (including phenoxy) is 1. The molecule has 1 aromatic rings. The summed E-state index contributed by atoms with van der Waals surface area (Å²) >= 11 is 1.98. The first-order chi connectivity index (χ1) is 8.04. The fourth-order valence-electron chi connectivity index (χ4n) is 1.70. The molecule has 94 valence electrons. The van der Waals surface area contributed by atoms with E-state index in [2.05, 4.69) is 4.98 Å². The smallest absolute Gasteiger partial charge is 0.351 e. The second-order valence-electron chi connectivity index (χ2n) is 3.72. The minimum atomic E-state index is -0.824. The predicted molar refractivity (Wildman–Crippen MR) is 67.7 cm³/mol. The number of anilines is 1. The van der Waals surface area contributed by atoms with Crippen LogP contribution in [0.15, 0.2) is 17.1 Å². The molecule has 2 unspecified atom stereocenters. The van der Waals surface area contributed by atoms with E-state index < -0.39 is 24.1 Å². The lowest BCUT2D eigenvalue weighted by molar-refractivity contribution is -0.0455. The Morgan fingerprint density at radius 3 is 2.88 bits per heavy atom. The Morgan fingerprint density at radius 2 is 2.35 bits per heavy atom. The van der Waals surface area contributed by atoms with Gasteiger partial charge < -0.3 is 20.7 Å². The van der Waals surface area contributed by atoms with E-state index >= 15 is 0 Å². The number of nitrogen functional groups attached to an aromatic ring is 1. The first-order valence-corrected chi connectivity index (χ1v) is 6.22. The normalized spacial score (nSPS) is 32.9. The van der Waals surface area contributed by atoms with Crippen molar-refractivity contribution in [2.75, 3.05) is 12.3 Å². The summed E-state index contributed by atoms with van der Waals surface area (Å²) in [5.41, 5.74) is 4.85. The molecule has 0 aliphatic carbocycles. The molecule has 7 nitrogen and oxygen atoms in total. The molecule has 2 heterocycles. The molecule has 0 aromatic carbocycles. The fourth-order valence-corrected chi connectivity index (χ4v) is 2.68. The van der Waals surface area contributed by atoms with Gasteiger partial charge in [0.05, 0.1) is 16.6 Å². The maximum absolute atomic E-state index is 11.6. The van der Waals surface area contributed by atoms with Crippen molar-refractivity contribution in [3.8, 4) is 0 Å². The van der Waals surface area contributed by atoms with Crippen molar-refractivity contribution in [2.24, 2.45) is 0 Å². The molecule has 0 amide bonds. The second-order valence-corrected chi connectivity index (χ2v) is 5.16. The van der Waals surface area contributed by atoms with Gasteiger partial charge in [0.1, 0.15) is 11.9 Å². The number of nitrogens with zero attached hydrogens (tertiary/aromatic N) is 2. The Labute approximate surface area is 110 Å². The lowest BCUT2D eigenvalue weighted by Crippen LogP contribution is -2.32. The van der Waals surface area contributed by atoms with Crippen molar-refractivity contribution in [1.82, 2.24) is 9.55 Å². The van der Waals surface area contributed by atoms with Crippen LogP contribution in [-0.2, 0) is 4.74 Å². The molecular formula is C9H12IN3O4. The van der Waals surface area contributed by atoms with E-state index in [0.29, 0.717) is 0 Å². The third kappa shape index (κ3) is 2.30. The van der Waals surface area contributed by atoms with E-state index in [4.69, 9.17) is 15.6 Å². The number of halogens is 1. The topological polar surface area (TPSA) is 111 Å². The lowest BCUT2D eigenvalue weighted by Gasteiger charge is -2.16. The number of alkyl halides is 1. The van der Waals surface area contributed by atoms with Crippen molar-refractivity contribution in [1.29, 1.82) is 0 Å². The van der Waals surface area contributed by atoms with E-state index in [0.717, 1.165) is 0 Å². The number of hydrogen-bond acceptors (Lipinski definition) is 6. The van der Waals surface area contributed by atoms with Crippen LogP contribution in [0.25, 0.3) is 0 Å². The van der Waals surface area contributed by atoms with Crippen LogP contribution in [0, 0.1) is 0 Å². The van der Waals surface area contributed by atoms with Crippen molar-refractivity contribution in [2.45, 2.75) is 22.4 Å². The molecule has 4 N–H and O–H groups in total. The highest BCUT2D eigenvalue weighted by molar-refractivity contribution is 14.1. The zero-order valence-electron chi connectivity index (χ0n) is 8.73. The van der Waals surface area contributed by atoms with Crippen LogP contribution in [0.5, 0.6) is 0 Å². The van der Waals surface area contributed by atoms with Gasteiger partial charge in [-0.1, -0.05) is 22.6 Å². The maximum Gasteiger partial charge on any atom is 0.351 e. The highest BCUT2D eigenvalue weighted by Gasteiger charge is 2.43. The van der Waals surface area contributed by atoms with Crippen LogP contribution < -0.4 is 11.4 Å². The summed E-state index contributed by atoms with van der Waals surface area (Å²) < 4.78 is 6.33. The van der Waals surface area contributed by atoms with E-state index in [-0.39, 0.29) is 16.3 Å². The standard InChI is InChI=1S/C9H12IN3O4/c10-6-7(15)4(3-14)17-8(6)13-2-1-5(11)12-9(13)16/h1-2,4,6-8,14-15H,3H2,(H2,11,12,16)/t4-,6?,7?,8-/m1/s1. The van der Waals surface area contributed by atoms with Gasteiger partial charge in [0.2, 0.25) is 0 Å². The van der Waals surface area contributed by atoms with Gasteiger partial charge in [-0.25, -0.2) is 4.79 Å². The van der Waals surface area contributed by atoms with Crippen LogP contribution in [0.2, 0.25) is 0 Å². The zero-order chi connectivity index (χ0) is 12.6. The molecule has 1 aromatic heterocycles. The summed E-state index contributed by atoms with van der Waals surface area (Å²) in [6.45, 7) is -0.297. The summed E-state index contributed by atoms with van der Waals surface area (Å²) in [4.78, 5) is 15.2. The van der Waals surface area contributed by atoms with Crippen molar-refractivity contribution < 1.29 is 14.9 Å². The number of aromatic nitrogens is 2. The van der Waals surface area contributed by atoms with Gasteiger partial charge in [-0.2, -0.15) is 4.98 Å². The van der Waals surface area contributed by atoms with Crippen LogP contribution in [0.1, 0.15) is 6.23 Å². The monoisotopic (exact) mass is 353 g/mol. The number of rotatable bonds is 2. The van der Waals surface area contributed by atoms with Gasteiger partial charge in [-0.05, 0) is 6.07 Å². The molecule has 0 bridgehead atoms. The maximum atomic E-state index is 11.6. The molecule has 0 saturated carbocycles. The van der Waals surface area contributed by atoms with Crippen LogP contribution >= 0.6 is 22.6 Å². The zero-order valence-corrected chi connectivity index (χ0v) is 10.9. The molecule has 1 aliphatic heterocycles. The third-order valence-electron chi connectivity index (χ3n) is 2.60. The lowest BCUT2D eigenvalue weighted by atomic mass is 10.2. The number of hydrogen-bond donors (Lipinski definition) is 3. The Kier molecular flexibility index (Phi) is 3.66. The molecule has 1 saturated heterocycles. The van der Waals surface area contributed by atoms with E-state index in [1.54, 1.807) is 0 Å². The van der Waals surface area contributed by atoms with Crippen LogP contribution in [0.3, 0.4) is 0 Å². The largest absolute Gasteiger partial charge is 0.394 e. The van der Waals surface area contributed by atoms with E-state index in [1.807, 2.05) is 22.6 Å². The van der Waals surface area contributed by atoms with Gasteiger partial charge in [0.25, 0.3) is 0 Å². The summed E-state index contributed by atoms with van der Waals surface area (Å²) in [6, 6.07) is 1.48. The molecule has 8 heteroatoms. The third-order valence-corrected chi connectivity index (χ3v) is 3.95. The fraction of sp³-hybridized carbons (Fsp3) is 0.556. The molecular weight excluding hydrogens is 341 g/mol. The van der Waals surface area contributed by atoms with Crippen LogP contribution in [0.4, 0.5) is 5.82 Å².